The van der Waals surface area contributed by atoms with E-state index in [4.69, 9.17) is 9.72 Å². The van der Waals surface area contributed by atoms with Crippen molar-refractivity contribution in [2.45, 2.75) is 71.4 Å². The molecule has 40 heavy (non-hydrogen) atoms. The molecular weight excluding hydrogens is 500 g/mol. The van der Waals surface area contributed by atoms with Crippen molar-refractivity contribution in [2.24, 2.45) is 18.9 Å². The number of imidazole rings is 1. The van der Waals surface area contributed by atoms with E-state index in [0.29, 0.717) is 25.1 Å². The number of aryl methyl sites for hydroxylation is 1. The molecule has 1 aliphatic heterocycles. The number of likely N-dealkylation sites (tertiary alicyclic amines) is 1. The summed E-state index contributed by atoms with van der Waals surface area (Å²) in [4.78, 5) is 33.0. The average molecular weight is 541 g/mol. The van der Waals surface area contributed by atoms with Crippen molar-refractivity contribution in [2.75, 3.05) is 13.1 Å². The molecule has 1 saturated heterocycles. The first-order valence-corrected chi connectivity index (χ1v) is 14.7. The van der Waals surface area contributed by atoms with Gasteiger partial charge >= 0.3 is 6.09 Å². The second-order valence-electron chi connectivity index (χ2n) is 12.8. The van der Waals surface area contributed by atoms with Crippen molar-refractivity contribution in [3.63, 3.8) is 0 Å². The van der Waals surface area contributed by atoms with E-state index >= 15 is 0 Å². The number of carbonyl (C=O) groups excluding carboxylic acids is 2. The maximum atomic E-state index is 13.5. The summed E-state index contributed by atoms with van der Waals surface area (Å²) in [6, 6.07) is 16.7. The topological polar surface area (TPSA) is 69.4 Å². The molecule has 2 aliphatic rings. The highest BCUT2D eigenvalue weighted by atomic mass is 16.6. The molecule has 2 aromatic carbocycles. The number of aromatic nitrogens is 3. The maximum absolute atomic E-state index is 13.5. The molecule has 1 unspecified atom stereocenters. The molecule has 7 heteroatoms. The molecule has 0 bridgehead atoms. The van der Waals surface area contributed by atoms with Crippen LogP contribution in [0, 0.1) is 11.8 Å². The lowest BCUT2D eigenvalue weighted by Gasteiger charge is -2.28. The number of Topliss-reactive ketones (excluding diaryl/α,β-unsaturated/α-hetero) is 1. The summed E-state index contributed by atoms with van der Waals surface area (Å²) in [6.45, 7) is 7.90. The van der Waals surface area contributed by atoms with Gasteiger partial charge in [0.15, 0.2) is 11.6 Å². The molecule has 1 atom stereocenters. The first kappa shape index (κ1) is 26.6. The van der Waals surface area contributed by atoms with Gasteiger partial charge in [0.2, 0.25) is 0 Å². The maximum Gasteiger partial charge on any atom is 0.410 e. The highest BCUT2D eigenvalue weighted by molar-refractivity contribution is 5.99. The number of hydrogen-bond donors (Lipinski definition) is 0. The van der Waals surface area contributed by atoms with E-state index in [1.165, 1.54) is 23.7 Å². The fraction of sp³-hybridized carbons (Fsp3) is 0.485. The third-order valence-corrected chi connectivity index (χ3v) is 8.27. The van der Waals surface area contributed by atoms with Crippen LogP contribution in [0.3, 0.4) is 0 Å². The molecule has 0 radical (unpaired) electrons. The molecular formula is C33H40N4O3. The lowest BCUT2D eigenvalue weighted by molar-refractivity contribution is 0.0231. The smallest absolute Gasteiger partial charge is 0.410 e. The lowest BCUT2D eigenvalue weighted by Crippen LogP contribution is -2.39. The van der Waals surface area contributed by atoms with Gasteiger partial charge in [-0.3, -0.25) is 4.79 Å². The summed E-state index contributed by atoms with van der Waals surface area (Å²) in [6.07, 6.45) is 5.59. The van der Waals surface area contributed by atoms with Crippen LogP contribution < -0.4 is 0 Å². The van der Waals surface area contributed by atoms with Gasteiger partial charge in [0.1, 0.15) is 5.60 Å². The average Bonchev–Trinajstić information content (AvgIpc) is 3.63. The highest BCUT2D eigenvalue weighted by Gasteiger charge is 2.28. The molecule has 1 amide bonds. The highest BCUT2D eigenvalue weighted by Crippen LogP contribution is 2.36. The fourth-order valence-electron chi connectivity index (χ4n) is 6.02. The van der Waals surface area contributed by atoms with E-state index in [1.54, 1.807) is 4.90 Å². The Bertz CT molecular complexity index is 1570. The van der Waals surface area contributed by atoms with E-state index in [2.05, 4.69) is 46.5 Å². The Morgan fingerprint density at radius 1 is 0.975 bits per heavy atom. The van der Waals surface area contributed by atoms with Gasteiger partial charge in [-0.2, -0.15) is 0 Å². The third-order valence-electron chi connectivity index (χ3n) is 8.27. The van der Waals surface area contributed by atoms with Crippen LogP contribution >= 0.6 is 0 Å². The Morgan fingerprint density at radius 3 is 2.55 bits per heavy atom. The molecule has 6 rings (SSSR count). The molecule has 2 aromatic heterocycles. The second-order valence-corrected chi connectivity index (χ2v) is 12.8. The Hall–Kier alpha value is -3.61. The number of para-hydroxylation sites is 1. The summed E-state index contributed by atoms with van der Waals surface area (Å²) in [5, 5.41) is 1.23. The van der Waals surface area contributed by atoms with Crippen molar-refractivity contribution in [1.82, 2.24) is 19.0 Å². The molecule has 1 aliphatic carbocycles. The molecule has 3 heterocycles. The monoisotopic (exact) mass is 540 g/mol. The zero-order chi connectivity index (χ0) is 28.0. The number of ether oxygens (including phenoxy) is 1. The van der Waals surface area contributed by atoms with Crippen LogP contribution in [0.15, 0.2) is 48.5 Å². The summed E-state index contributed by atoms with van der Waals surface area (Å²) in [5.74, 6) is 1.89. The molecule has 210 valence electrons. The van der Waals surface area contributed by atoms with Crippen LogP contribution in [0.2, 0.25) is 0 Å². The Morgan fingerprint density at radius 2 is 1.77 bits per heavy atom. The Balaban J connectivity index is 1.24. The number of fused-ring (bicyclic) bond motifs is 2. The molecule has 7 nitrogen and oxygen atoms in total. The van der Waals surface area contributed by atoms with Gasteiger partial charge in [-0.1, -0.05) is 24.6 Å². The molecule has 0 N–H and O–H groups in total. The van der Waals surface area contributed by atoms with Gasteiger partial charge < -0.3 is 18.8 Å². The SMILES string of the molecule is Cn1c(-c2cc3ccccc3n2CC2CC2)nc2cc(C(=O)CC3CCCCN(C(=O)OC(C)(C)C)C3)ccc21. The minimum atomic E-state index is -0.530. The normalized spacial score (nSPS) is 18.3. The summed E-state index contributed by atoms with van der Waals surface area (Å²) in [5.41, 5.74) is 4.38. The van der Waals surface area contributed by atoms with Crippen molar-refractivity contribution in [3.05, 3.63) is 54.1 Å². The van der Waals surface area contributed by atoms with Gasteiger partial charge in [-0.15, -0.1) is 0 Å². The number of ketones is 1. The molecule has 0 spiro atoms. The van der Waals surface area contributed by atoms with Crippen LogP contribution in [0.5, 0.6) is 0 Å². The van der Waals surface area contributed by atoms with Crippen LogP contribution in [-0.4, -0.2) is 49.6 Å². The zero-order valence-electron chi connectivity index (χ0n) is 24.2. The third kappa shape index (κ3) is 5.51. The quantitative estimate of drug-likeness (QED) is 0.242. The van der Waals surface area contributed by atoms with Crippen LogP contribution in [0.1, 0.15) is 69.7 Å². The number of amides is 1. The predicted molar refractivity (Wildman–Crippen MR) is 158 cm³/mol. The minimum Gasteiger partial charge on any atom is -0.444 e. The van der Waals surface area contributed by atoms with Crippen molar-refractivity contribution >= 4 is 33.8 Å². The van der Waals surface area contributed by atoms with Crippen LogP contribution in [-0.2, 0) is 18.3 Å². The van der Waals surface area contributed by atoms with Gasteiger partial charge in [-0.05, 0) is 88.6 Å². The first-order valence-electron chi connectivity index (χ1n) is 14.7. The number of hydrogen-bond acceptors (Lipinski definition) is 4. The lowest BCUT2D eigenvalue weighted by atomic mass is 9.94. The summed E-state index contributed by atoms with van der Waals surface area (Å²) >= 11 is 0. The summed E-state index contributed by atoms with van der Waals surface area (Å²) in [7, 11) is 2.06. The summed E-state index contributed by atoms with van der Waals surface area (Å²) < 4.78 is 10.2. The Labute approximate surface area is 236 Å². The molecule has 2 fully saturated rings. The van der Waals surface area contributed by atoms with Crippen LogP contribution in [0.4, 0.5) is 4.79 Å². The van der Waals surface area contributed by atoms with Crippen LogP contribution in [0.25, 0.3) is 33.5 Å². The van der Waals surface area contributed by atoms with E-state index < -0.39 is 5.60 Å². The van der Waals surface area contributed by atoms with Gasteiger partial charge in [-0.25, -0.2) is 9.78 Å². The number of rotatable bonds is 6. The van der Waals surface area contributed by atoms with Gasteiger partial charge in [0.05, 0.1) is 16.7 Å². The minimum absolute atomic E-state index is 0.105. The van der Waals surface area contributed by atoms with E-state index in [1.807, 2.05) is 39.0 Å². The van der Waals surface area contributed by atoms with Gasteiger partial charge in [0.25, 0.3) is 0 Å². The first-order chi connectivity index (χ1) is 19.2. The van der Waals surface area contributed by atoms with Crippen molar-refractivity contribution in [3.8, 4) is 11.5 Å². The van der Waals surface area contributed by atoms with E-state index in [9.17, 15) is 9.59 Å². The predicted octanol–water partition coefficient (Wildman–Crippen LogP) is 7.22. The van der Waals surface area contributed by atoms with Gasteiger partial charge in [0, 0.05) is 49.6 Å². The van der Waals surface area contributed by atoms with E-state index in [0.717, 1.165) is 54.3 Å². The number of nitrogens with zero attached hydrogens (tertiary/aromatic N) is 4. The number of benzene rings is 2. The van der Waals surface area contributed by atoms with Crippen molar-refractivity contribution < 1.29 is 14.3 Å². The second kappa shape index (κ2) is 10.4. The molecule has 4 aromatic rings. The van der Waals surface area contributed by atoms with E-state index in [-0.39, 0.29) is 17.8 Å². The Kier molecular flexibility index (Phi) is 6.93. The largest absolute Gasteiger partial charge is 0.444 e. The standard InChI is InChI=1S/C33H40N4O3/c1-33(2,3)40-32(39)36-16-8-7-9-23(20-36)17-30(38)25-14-15-28-26(18-25)34-31(35(28)4)29-19-24-10-5-6-11-27(24)37(29)21-22-12-13-22/h5-6,10-11,14-15,18-19,22-23H,7-9,12-13,16-17,20-21H2,1-4H3. The van der Waals surface area contributed by atoms with Crippen molar-refractivity contribution in [1.29, 1.82) is 0 Å². The zero-order valence-corrected chi connectivity index (χ0v) is 24.2. The number of carbonyl (C=O) groups is 2. The molecule has 1 saturated carbocycles. The fourth-order valence-corrected chi connectivity index (χ4v) is 6.02.